The number of hydroxylamine groups is 1. The van der Waals surface area contributed by atoms with Gasteiger partial charge < -0.3 is 5.32 Å². The van der Waals surface area contributed by atoms with Crippen molar-refractivity contribution < 1.29 is 10.0 Å². The van der Waals surface area contributed by atoms with Crippen LogP contribution in [-0.2, 0) is 17.9 Å². The predicted octanol–water partition coefficient (Wildman–Crippen LogP) is 3.47. The second-order valence-corrected chi connectivity index (χ2v) is 5.65. The third kappa shape index (κ3) is 5.39. The quantitative estimate of drug-likeness (QED) is 0.353. The van der Waals surface area contributed by atoms with Crippen LogP contribution in [0.5, 0.6) is 0 Å². The molecule has 0 saturated carbocycles. The van der Waals surface area contributed by atoms with E-state index < -0.39 is 5.91 Å². The van der Waals surface area contributed by atoms with E-state index in [9.17, 15) is 4.79 Å². The summed E-state index contributed by atoms with van der Waals surface area (Å²) < 4.78 is 0. The number of hydrogen-bond donors (Lipinski definition) is 3. The molecule has 1 amide bonds. The first-order valence-electron chi connectivity index (χ1n) is 8.01. The number of pyridine rings is 1. The number of carbonyl (C=O) groups is 1. The average Bonchev–Trinajstić information content (AvgIpc) is 2.67. The first kappa shape index (κ1) is 19.6. The van der Waals surface area contributed by atoms with Gasteiger partial charge in [0.2, 0.25) is 0 Å². The van der Waals surface area contributed by atoms with Gasteiger partial charge in [-0.25, -0.2) is 5.48 Å². The van der Waals surface area contributed by atoms with E-state index in [2.05, 4.69) is 22.4 Å². The summed E-state index contributed by atoms with van der Waals surface area (Å²) >= 11 is 0. The number of benzene rings is 2. The van der Waals surface area contributed by atoms with Gasteiger partial charge in [0.1, 0.15) is 0 Å². The van der Waals surface area contributed by atoms with E-state index in [1.54, 1.807) is 11.6 Å². The van der Waals surface area contributed by atoms with Crippen molar-refractivity contribution in [2.45, 2.75) is 13.1 Å². The number of fused-ring (bicyclic) bond motifs is 1. The van der Waals surface area contributed by atoms with E-state index in [1.807, 2.05) is 48.5 Å². The number of hydrogen-bond acceptors (Lipinski definition) is 4. The van der Waals surface area contributed by atoms with Gasteiger partial charge in [-0.1, -0.05) is 48.5 Å². The molecule has 134 valence electrons. The molecule has 3 rings (SSSR count). The topological polar surface area (TPSA) is 74.2 Å². The van der Waals surface area contributed by atoms with Gasteiger partial charge in [0.25, 0.3) is 5.91 Å². The van der Waals surface area contributed by atoms with Gasteiger partial charge in [-0.05, 0) is 29.3 Å². The molecule has 3 aromatic rings. The minimum Gasteiger partial charge on any atom is -0.307 e. The fraction of sp³-hybridized carbons (Fsp3) is 0.100. The lowest BCUT2D eigenvalue weighted by atomic mass is 10.1. The molecule has 0 saturated heterocycles. The van der Waals surface area contributed by atoms with Crippen LogP contribution >= 0.6 is 12.4 Å². The standard InChI is InChI=1S/C20H19N3O2.ClH/c24-20(23-25)12-9-15-5-7-16(8-6-15)13-21-14-18-11-10-17-3-1-2-4-19(17)22-18;/h1-12,21,25H,13-14H2,(H,23,24);1H/b12-9+;. The molecule has 0 bridgehead atoms. The van der Waals surface area contributed by atoms with Gasteiger partial charge in [0, 0.05) is 24.6 Å². The maximum absolute atomic E-state index is 10.9. The molecule has 6 heteroatoms. The number of para-hydroxylation sites is 1. The monoisotopic (exact) mass is 369 g/mol. The van der Waals surface area contributed by atoms with E-state index in [0.29, 0.717) is 6.54 Å². The Morgan fingerprint density at radius 3 is 2.54 bits per heavy atom. The first-order valence-corrected chi connectivity index (χ1v) is 8.01. The zero-order valence-corrected chi connectivity index (χ0v) is 14.9. The van der Waals surface area contributed by atoms with E-state index in [-0.39, 0.29) is 12.4 Å². The number of aromatic nitrogens is 1. The van der Waals surface area contributed by atoms with Crippen LogP contribution in [0.1, 0.15) is 16.8 Å². The number of nitrogens with one attached hydrogen (secondary N) is 2. The molecule has 1 heterocycles. The summed E-state index contributed by atoms with van der Waals surface area (Å²) in [4.78, 5) is 15.6. The fourth-order valence-corrected chi connectivity index (χ4v) is 2.50. The molecular formula is C20H20ClN3O2. The Balaban J connectivity index is 0.00000243. The van der Waals surface area contributed by atoms with Crippen molar-refractivity contribution in [1.29, 1.82) is 0 Å². The lowest BCUT2D eigenvalue weighted by Gasteiger charge is -2.06. The lowest BCUT2D eigenvalue weighted by Crippen LogP contribution is -2.14. The van der Waals surface area contributed by atoms with Crippen molar-refractivity contribution in [2.24, 2.45) is 0 Å². The Bertz CT molecular complexity index is 895. The largest absolute Gasteiger partial charge is 0.307 e. The summed E-state index contributed by atoms with van der Waals surface area (Å²) in [5.41, 5.74) is 5.61. The van der Waals surface area contributed by atoms with Gasteiger partial charge in [0.05, 0.1) is 11.2 Å². The van der Waals surface area contributed by atoms with Gasteiger partial charge in [-0.3, -0.25) is 15.0 Å². The Kier molecular flexibility index (Phi) is 7.29. The molecule has 5 nitrogen and oxygen atoms in total. The maximum atomic E-state index is 10.9. The Labute approximate surface area is 158 Å². The Morgan fingerprint density at radius 2 is 1.77 bits per heavy atom. The van der Waals surface area contributed by atoms with Crippen LogP contribution in [-0.4, -0.2) is 16.1 Å². The first-order chi connectivity index (χ1) is 12.2. The molecular weight excluding hydrogens is 350 g/mol. The van der Waals surface area contributed by atoms with Crippen molar-refractivity contribution in [3.63, 3.8) is 0 Å². The molecule has 0 atom stereocenters. The van der Waals surface area contributed by atoms with Crippen molar-refractivity contribution in [3.8, 4) is 0 Å². The van der Waals surface area contributed by atoms with Crippen molar-refractivity contribution in [1.82, 2.24) is 15.8 Å². The molecule has 2 aromatic carbocycles. The van der Waals surface area contributed by atoms with Gasteiger partial charge in [0.15, 0.2) is 0 Å². The summed E-state index contributed by atoms with van der Waals surface area (Å²) in [6, 6.07) is 20.0. The second kappa shape index (κ2) is 9.68. The summed E-state index contributed by atoms with van der Waals surface area (Å²) in [6.07, 6.45) is 2.92. The summed E-state index contributed by atoms with van der Waals surface area (Å²) in [5.74, 6) is -0.548. The van der Waals surface area contributed by atoms with Crippen molar-refractivity contribution in [3.05, 3.63) is 83.6 Å². The Hall–Kier alpha value is -2.73. The van der Waals surface area contributed by atoms with Crippen molar-refractivity contribution >= 4 is 35.3 Å². The molecule has 0 aliphatic rings. The number of halogens is 1. The smallest absolute Gasteiger partial charge is 0.267 e. The van der Waals surface area contributed by atoms with E-state index >= 15 is 0 Å². The average molecular weight is 370 g/mol. The zero-order valence-electron chi connectivity index (χ0n) is 14.1. The molecule has 1 aromatic heterocycles. The van der Waals surface area contributed by atoms with Crippen LogP contribution in [0.25, 0.3) is 17.0 Å². The highest BCUT2D eigenvalue weighted by Crippen LogP contribution is 2.12. The van der Waals surface area contributed by atoms with Gasteiger partial charge >= 0.3 is 0 Å². The highest BCUT2D eigenvalue weighted by atomic mass is 35.5. The van der Waals surface area contributed by atoms with Crippen LogP contribution in [0.2, 0.25) is 0 Å². The molecule has 0 unspecified atom stereocenters. The maximum Gasteiger partial charge on any atom is 0.267 e. The normalized spacial score (nSPS) is 10.7. The minimum absolute atomic E-state index is 0. The minimum atomic E-state index is -0.548. The summed E-state index contributed by atoms with van der Waals surface area (Å²) in [7, 11) is 0. The van der Waals surface area contributed by atoms with Gasteiger partial charge in [-0.2, -0.15) is 0 Å². The number of rotatable bonds is 6. The molecule has 3 N–H and O–H groups in total. The Morgan fingerprint density at radius 1 is 1.00 bits per heavy atom. The fourth-order valence-electron chi connectivity index (χ4n) is 2.50. The van der Waals surface area contributed by atoms with Crippen LogP contribution in [0, 0.1) is 0 Å². The predicted molar refractivity (Wildman–Crippen MR) is 105 cm³/mol. The third-order valence-electron chi connectivity index (χ3n) is 3.81. The number of carbonyl (C=O) groups excluding carboxylic acids is 1. The molecule has 0 aliphatic carbocycles. The van der Waals surface area contributed by atoms with E-state index in [1.165, 1.54) is 6.08 Å². The highest BCUT2D eigenvalue weighted by Gasteiger charge is 1.99. The third-order valence-corrected chi connectivity index (χ3v) is 3.81. The molecule has 0 aliphatic heterocycles. The van der Waals surface area contributed by atoms with Crippen molar-refractivity contribution in [2.75, 3.05) is 0 Å². The SMILES string of the molecule is Cl.O=C(/C=C/c1ccc(CNCc2ccc3ccccc3n2)cc1)NO. The van der Waals surface area contributed by atoms with E-state index in [4.69, 9.17) is 5.21 Å². The lowest BCUT2D eigenvalue weighted by molar-refractivity contribution is -0.124. The molecule has 0 fully saturated rings. The molecule has 0 radical (unpaired) electrons. The zero-order chi connectivity index (χ0) is 17.5. The molecule has 0 spiro atoms. The van der Waals surface area contributed by atoms with E-state index in [0.717, 1.165) is 34.3 Å². The van der Waals surface area contributed by atoms with Crippen LogP contribution in [0.15, 0.2) is 66.7 Å². The number of nitrogens with zero attached hydrogens (tertiary/aromatic N) is 1. The van der Waals surface area contributed by atoms with Gasteiger partial charge in [-0.15, -0.1) is 12.4 Å². The second-order valence-electron chi connectivity index (χ2n) is 5.65. The molecule has 26 heavy (non-hydrogen) atoms. The number of amides is 1. The summed E-state index contributed by atoms with van der Waals surface area (Å²) in [5, 5.41) is 13.0. The van der Waals surface area contributed by atoms with Crippen LogP contribution in [0.3, 0.4) is 0 Å². The van der Waals surface area contributed by atoms with Crippen LogP contribution in [0.4, 0.5) is 0 Å². The summed E-state index contributed by atoms with van der Waals surface area (Å²) in [6.45, 7) is 1.43. The highest BCUT2D eigenvalue weighted by molar-refractivity contribution is 5.90. The van der Waals surface area contributed by atoms with Crippen LogP contribution < -0.4 is 10.8 Å².